The van der Waals surface area contributed by atoms with E-state index in [9.17, 15) is 24.6 Å². The summed E-state index contributed by atoms with van der Waals surface area (Å²) in [4.78, 5) is 36.8. The number of carbonyl (C=O) groups is 3. The number of aliphatic carboxylic acids is 1. The van der Waals surface area contributed by atoms with Crippen LogP contribution in [0.5, 0.6) is 0 Å². The number of allylic oxidation sites excluding steroid dienone is 3. The van der Waals surface area contributed by atoms with Gasteiger partial charge in [0.1, 0.15) is 23.4 Å². The van der Waals surface area contributed by atoms with Gasteiger partial charge in [0.25, 0.3) is 0 Å². The van der Waals surface area contributed by atoms with Gasteiger partial charge in [0, 0.05) is 17.1 Å². The van der Waals surface area contributed by atoms with Crippen molar-refractivity contribution in [1.82, 2.24) is 0 Å². The number of halogens is 1. The predicted octanol–water partition coefficient (Wildman–Crippen LogP) is -2.53. The van der Waals surface area contributed by atoms with Gasteiger partial charge in [0.2, 0.25) is 0 Å². The summed E-state index contributed by atoms with van der Waals surface area (Å²) in [6, 6.07) is 3.42. The third-order valence-electron chi connectivity index (χ3n) is 7.43. The molecular formula is C25H28ClKO8. The summed E-state index contributed by atoms with van der Waals surface area (Å²) < 4.78 is 16.2. The zero-order valence-corrected chi connectivity index (χ0v) is 24.0. The second kappa shape index (κ2) is 11.5. The first kappa shape index (κ1) is 30.0. The molecule has 0 aromatic carbocycles. The molecule has 2 fully saturated rings. The van der Waals surface area contributed by atoms with Crippen LogP contribution < -0.4 is 63.8 Å². The normalized spacial score (nSPS) is 31.9. The Morgan fingerprint density at radius 2 is 2.06 bits per heavy atom. The molecule has 1 saturated heterocycles. The smallest absolute Gasteiger partial charge is 1.00 e. The number of ether oxygens (including phenoxy) is 2. The molecule has 1 aliphatic heterocycles. The Balaban J connectivity index is 0.00000216. The van der Waals surface area contributed by atoms with E-state index in [0.717, 1.165) is 0 Å². The van der Waals surface area contributed by atoms with Crippen LogP contribution in [0.25, 0.3) is 0 Å². The fourth-order valence-electron chi connectivity index (χ4n) is 5.53. The van der Waals surface area contributed by atoms with E-state index in [-0.39, 0.29) is 101 Å². The van der Waals surface area contributed by atoms with E-state index in [1.54, 1.807) is 50.3 Å². The van der Waals surface area contributed by atoms with Crippen molar-refractivity contribution in [3.8, 4) is 0 Å². The summed E-state index contributed by atoms with van der Waals surface area (Å²) in [7, 11) is 0. The number of esters is 2. The minimum Gasteiger partial charge on any atom is -1.00 e. The molecule has 3 aliphatic rings. The van der Waals surface area contributed by atoms with Crippen LogP contribution in [0.3, 0.4) is 0 Å². The predicted molar refractivity (Wildman–Crippen MR) is 116 cm³/mol. The van der Waals surface area contributed by atoms with Crippen LogP contribution in [0.4, 0.5) is 0 Å². The molecule has 35 heavy (non-hydrogen) atoms. The molecular weight excluding hydrogens is 503 g/mol. The standard InChI is InChI=1S/C25H28O8.ClH.K/c1-16(21(28)32-15-18-6-4-14-31-18)5-3-10-23(2)19-9-12-24(22(29)33-23)11-7-17(20(26)27)8-13-25(19,24)30;;/h3-7,10,14,19,30H,8-9,11-13,15H2,1-2H3,(H,26,27);1H;/q;;+1/p-1/b10-3+,16-5+;;/t19-,23+,24+,25-;;/m0../s1. The van der Waals surface area contributed by atoms with Crippen molar-refractivity contribution in [3.05, 3.63) is 59.6 Å². The van der Waals surface area contributed by atoms with Crippen molar-refractivity contribution < 1.29 is 102 Å². The molecule has 0 amide bonds. The van der Waals surface area contributed by atoms with E-state index in [2.05, 4.69) is 0 Å². The van der Waals surface area contributed by atoms with Crippen LogP contribution in [-0.4, -0.2) is 39.3 Å². The van der Waals surface area contributed by atoms with Gasteiger partial charge in [0.15, 0.2) is 0 Å². The van der Waals surface area contributed by atoms with E-state index in [0.29, 0.717) is 24.2 Å². The number of carboxylic acids is 1. The maximum absolute atomic E-state index is 13.2. The molecule has 8 nitrogen and oxygen atoms in total. The Morgan fingerprint density at radius 1 is 1.31 bits per heavy atom. The van der Waals surface area contributed by atoms with Gasteiger partial charge < -0.3 is 36.5 Å². The second-order valence-corrected chi connectivity index (χ2v) is 9.27. The zero-order valence-electron chi connectivity index (χ0n) is 20.1. The largest absolute Gasteiger partial charge is 1.00 e. The van der Waals surface area contributed by atoms with Gasteiger partial charge in [-0.1, -0.05) is 18.2 Å². The van der Waals surface area contributed by atoms with Crippen LogP contribution in [-0.2, 0) is 30.5 Å². The molecule has 2 bridgehead atoms. The molecule has 2 aliphatic carbocycles. The van der Waals surface area contributed by atoms with E-state index in [1.165, 1.54) is 6.26 Å². The van der Waals surface area contributed by atoms with Crippen molar-refractivity contribution in [2.45, 2.75) is 63.8 Å². The number of cyclic esters (lactones) is 1. The Labute approximate surface area is 252 Å². The number of furan rings is 1. The minimum atomic E-state index is -1.37. The van der Waals surface area contributed by atoms with Gasteiger partial charge in [-0.25, -0.2) is 9.59 Å². The molecule has 10 heteroatoms. The van der Waals surface area contributed by atoms with E-state index < -0.39 is 34.5 Å². The maximum Gasteiger partial charge on any atom is 1.00 e. The number of carboxylic acid groups (broad SMARTS) is 1. The summed E-state index contributed by atoms with van der Waals surface area (Å²) in [5, 5.41) is 21.2. The van der Waals surface area contributed by atoms with Crippen LogP contribution in [0.2, 0.25) is 0 Å². The molecule has 0 unspecified atom stereocenters. The van der Waals surface area contributed by atoms with Crippen LogP contribution >= 0.6 is 0 Å². The van der Waals surface area contributed by atoms with Crippen LogP contribution in [0.1, 0.15) is 51.7 Å². The minimum absolute atomic E-state index is 0. The summed E-state index contributed by atoms with van der Waals surface area (Å²) in [5.41, 5.74) is -3.00. The quantitative estimate of drug-likeness (QED) is 0.179. The SMILES string of the molecule is C/C(=C\C=C\[C@@]1(C)OC(=O)[C@]23CC=C(C(=O)O)CC[C@]2(O)[C@H]1CC3)C(=O)OCc1ccco1.[Cl-].[K+]. The monoisotopic (exact) mass is 530 g/mol. The third-order valence-corrected chi connectivity index (χ3v) is 7.43. The van der Waals surface area contributed by atoms with Crippen molar-refractivity contribution in [1.29, 1.82) is 0 Å². The molecule has 4 atom stereocenters. The summed E-state index contributed by atoms with van der Waals surface area (Å²) >= 11 is 0. The van der Waals surface area contributed by atoms with E-state index >= 15 is 0 Å². The molecule has 1 aromatic heterocycles. The second-order valence-electron chi connectivity index (χ2n) is 9.27. The first-order chi connectivity index (χ1) is 15.6. The number of rotatable bonds is 6. The first-order valence-corrected chi connectivity index (χ1v) is 11.1. The van der Waals surface area contributed by atoms with Gasteiger partial charge in [0.05, 0.1) is 11.9 Å². The molecule has 2 N–H and O–H groups in total. The Kier molecular flexibility index (Phi) is 9.83. The number of carbonyl (C=O) groups excluding carboxylic acids is 2. The summed E-state index contributed by atoms with van der Waals surface area (Å²) in [6.45, 7) is 3.39. The molecule has 0 spiro atoms. The van der Waals surface area contributed by atoms with Gasteiger partial charge >= 0.3 is 69.3 Å². The van der Waals surface area contributed by atoms with E-state index in [1.807, 2.05) is 0 Å². The first-order valence-electron chi connectivity index (χ1n) is 11.1. The van der Waals surface area contributed by atoms with Crippen molar-refractivity contribution >= 4 is 17.9 Å². The van der Waals surface area contributed by atoms with Crippen molar-refractivity contribution in [2.75, 3.05) is 0 Å². The number of hydrogen-bond acceptors (Lipinski definition) is 7. The van der Waals surface area contributed by atoms with Gasteiger partial charge in [-0.2, -0.15) is 0 Å². The maximum atomic E-state index is 13.2. The fraction of sp³-hybridized carbons (Fsp3) is 0.480. The molecule has 1 saturated carbocycles. The fourth-order valence-corrected chi connectivity index (χ4v) is 5.53. The molecule has 184 valence electrons. The van der Waals surface area contributed by atoms with Gasteiger partial charge in [-0.05, 0) is 64.2 Å². The average Bonchev–Trinajstić information content (AvgIpc) is 3.31. The molecule has 0 radical (unpaired) electrons. The number of hydrogen-bond donors (Lipinski definition) is 2. The van der Waals surface area contributed by atoms with Gasteiger partial charge in [-0.3, -0.25) is 4.79 Å². The number of aliphatic hydroxyl groups is 1. The summed E-state index contributed by atoms with van der Waals surface area (Å²) in [5.74, 6) is -1.89. The van der Waals surface area contributed by atoms with Crippen LogP contribution in [0.15, 0.2) is 58.3 Å². The van der Waals surface area contributed by atoms with Crippen LogP contribution in [0, 0.1) is 11.3 Å². The Hall–Kier alpha value is -1.20. The van der Waals surface area contributed by atoms with E-state index in [4.69, 9.17) is 13.9 Å². The molecule has 2 heterocycles. The third kappa shape index (κ3) is 5.41. The Morgan fingerprint density at radius 3 is 2.71 bits per heavy atom. The van der Waals surface area contributed by atoms with Gasteiger partial charge in [-0.15, -0.1) is 0 Å². The Bertz CT molecular complexity index is 1060. The van der Waals surface area contributed by atoms with Crippen molar-refractivity contribution in [3.63, 3.8) is 0 Å². The average molecular weight is 531 g/mol. The zero-order chi connectivity index (χ0) is 23.9. The molecule has 4 rings (SSSR count). The topological polar surface area (TPSA) is 123 Å². The molecule has 1 aromatic rings. The van der Waals surface area contributed by atoms with Crippen molar-refractivity contribution in [2.24, 2.45) is 11.3 Å². The summed E-state index contributed by atoms with van der Waals surface area (Å²) in [6.07, 6.45) is 9.48.